The quantitative estimate of drug-likeness (QED) is 0.675. The molecule has 0 amide bonds. The first kappa shape index (κ1) is 16.0. The third-order valence-electron chi connectivity index (χ3n) is 4.85. The first-order valence-electron chi connectivity index (χ1n) is 8.19. The zero-order valence-electron chi connectivity index (χ0n) is 13.9. The molecule has 1 fully saturated rings. The number of fused-ring (bicyclic) bond motifs is 1. The summed E-state index contributed by atoms with van der Waals surface area (Å²) in [5, 5.41) is 0.638. The fourth-order valence-corrected chi connectivity index (χ4v) is 3.74. The van der Waals surface area contributed by atoms with Gasteiger partial charge in [0, 0.05) is 16.9 Å². The fraction of sp³-hybridized carbons (Fsp3) is 0.556. The number of hydrogen-bond acceptors (Lipinski definition) is 3. The Labute approximate surface area is 135 Å². The van der Waals surface area contributed by atoms with Gasteiger partial charge < -0.3 is 9.72 Å². The van der Waals surface area contributed by atoms with Gasteiger partial charge in [-0.3, -0.25) is 0 Å². The Hall–Kier alpha value is -1.91. The molecule has 4 nitrogen and oxygen atoms in total. The van der Waals surface area contributed by atoms with Gasteiger partial charge in [0.15, 0.2) is 0 Å². The molecule has 2 aromatic rings. The van der Waals surface area contributed by atoms with Crippen LogP contribution in [0.25, 0.3) is 10.9 Å². The van der Waals surface area contributed by atoms with E-state index in [1.165, 1.54) is 18.9 Å². The van der Waals surface area contributed by atoms with Crippen molar-refractivity contribution in [3.05, 3.63) is 29.5 Å². The summed E-state index contributed by atoms with van der Waals surface area (Å²) in [7, 11) is 0. The lowest BCUT2D eigenvalue weighted by Crippen LogP contribution is -2.30. The summed E-state index contributed by atoms with van der Waals surface area (Å²) in [6, 6.07) is 2.95. The molecular weight excluding hydrogens is 295 g/mol. The molecule has 0 radical (unpaired) electrons. The fourth-order valence-electron chi connectivity index (χ4n) is 3.74. The van der Waals surface area contributed by atoms with Gasteiger partial charge in [-0.1, -0.05) is 26.7 Å². The summed E-state index contributed by atoms with van der Waals surface area (Å²) in [6.45, 7) is 6.57. The van der Waals surface area contributed by atoms with E-state index >= 15 is 0 Å². The molecule has 5 heteroatoms. The van der Waals surface area contributed by atoms with E-state index in [9.17, 15) is 9.18 Å². The normalized spacial score (nSPS) is 24.8. The van der Waals surface area contributed by atoms with Gasteiger partial charge >= 0.3 is 5.97 Å². The number of halogens is 1. The predicted octanol–water partition coefficient (Wildman–Crippen LogP) is 4.38. The van der Waals surface area contributed by atoms with E-state index in [4.69, 9.17) is 4.74 Å². The zero-order chi connectivity index (χ0) is 16.6. The smallest absolute Gasteiger partial charge is 0.354 e. The van der Waals surface area contributed by atoms with Crippen LogP contribution in [0.3, 0.4) is 0 Å². The summed E-state index contributed by atoms with van der Waals surface area (Å²) in [4.78, 5) is 19.1. The van der Waals surface area contributed by atoms with Crippen LogP contribution in [0, 0.1) is 24.2 Å². The molecule has 2 atom stereocenters. The number of H-pyrrole nitrogens is 1. The number of nitrogens with zero attached hydrogens (tertiary/aromatic N) is 1. The number of hydrogen-bond donors (Lipinski definition) is 1. The standard InChI is InChI=1S/C18H23FN2O2/c1-11-5-4-6-18(3,9-11)10-23-17(22)14-7-13-8-15(19)20-12(2)16(13)21-14/h7-8,11,21H,4-6,9-10H2,1-3H3. The maximum atomic E-state index is 13.3. The van der Waals surface area contributed by atoms with E-state index in [2.05, 4.69) is 23.8 Å². The lowest BCUT2D eigenvalue weighted by molar-refractivity contribution is 0.0166. The molecule has 1 aliphatic rings. The first-order chi connectivity index (χ1) is 10.9. The zero-order valence-corrected chi connectivity index (χ0v) is 13.9. The van der Waals surface area contributed by atoms with E-state index in [-0.39, 0.29) is 11.4 Å². The molecule has 0 aliphatic heterocycles. The van der Waals surface area contributed by atoms with Gasteiger partial charge in [-0.25, -0.2) is 9.78 Å². The van der Waals surface area contributed by atoms with E-state index in [0.29, 0.717) is 34.8 Å². The molecule has 23 heavy (non-hydrogen) atoms. The monoisotopic (exact) mass is 318 g/mol. The topological polar surface area (TPSA) is 55.0 Å². The number of ether oxygens (including phenoxy) is 1. The summed E-state index contributed by atoms with van der Waals surface area (Å²) < 4.78 is 18.9. The second kappa shape index (κ2) is 5.95. The highest BCUT2D eigenvalue weighted by Gasteiger charge is 2.32. The molecule has 1 N–H and O–H groups in total. The first-order valence-corrected chi connectivity index (χ1v) is 8.19. The number of aryl methyl sites for hydroxylation is 1. The number of aromatic amines is 1. The summed E-state index contributed by atoms with van der Waals surface area (Å²) in [5.74, 6) is -0.254. The van der Waals surface area contributed by atoms with Crippen molar-refractivity contribution in [3.8, 4) is 0 Å². The minimum absolute atomic E-state index is 0.0585. The van der Waals surface area contributed by atoms with Gasteiger partial charge in [0.1, 0.15) is 5.69 Å². The Morgan fingerprint density at radius 1 is 1.52 bits per heavy atom. The highest BCUT2D eigenvalue weighted by molar-refractivity contribution is 5.95. The van der Waals surface area contributed by atoms with Gasteiger partial charge in [0.2, 0.25) is 5.95 Å². The van der Waals surface area contributed by atoms with Crippen LogP contribution in [0.5, 0.6) is 0 Å². The highest BCUT2D eigenvalue weighted by Crippen LogP contribution is 2.39. The lowest BCUT2D eigenvalue weighted by Gasteiger charge is -2.36. The molecule has 2 heterocycles. The van der Waals surface area contributed by atoms with Crippen molar-refractivity contribution in [3.63, 3.8) is 0 Å². The number of carbonyl (C=O) groups is 1. The SMILES string of the molecule is Cc1nc(F)cc2cc(C(=O)OCC3(C)CCCC(C)C3)[nH]c12. The van der Waals surface area contributed by atoms with E-state index in [1.54, 1.807) is 13.0 Å². The van der Waals surface area contributed by atoms with Crippen LogP contribution in [-0.2, 0) is 4.74 Å². The molecule has 0 aromatic carbocycles. The average molecular weight is 318 g/mol. The number of rotatable bonds is 3. The maximum absolute atomic E-state index is 13.3. The third-order valence-corrected chi connectivity index (χ3v) is 4.85. The second-order valence-corrected chi connectivity index (χ2v) is 7.27. The van der Waals surface area contributed by atoms with Crippen molar-refractivity contribution in [1.29, 1.82) is 0 Å². The van der Waals surface area contributed by atoms with Crippen molar-refractivity contribution in [2.75, 3.05) is 6.61 Å². The molecule has 1 saturated carbocycles. The van der Waals surface area contributed by atoms with Crippen LogP contribution >= 0.6 is 0 Å². The predicted molar refractivity (Wildman–Crippen MR) is 86.8 cm³/mol. The van der Waals surface area contributed by atoms with E-state index in [0.717, 1.165) is 12.8 Å². The molecule has 124 valence electrons. The number of pyridine rings is 1. The van der Waals surface area contributed by atoms with Crippen LogP contribution in [0.2, 0.25) is 0 Å². The Morgan fingerprint density at radius 3 is 3.04 bits per heavy atom. The Balaban J connectivity index is 1.72. The van der Waals surface area contributed by atoms with Crippen molar-refractivity contribution in [2.45, 2.75) is 46.5 Å². The summed E-state index contributed by atoms with van der Waals surface area (Å²) in [5.41, 5.74) is 1.62. The van der Waals surface area contributed by atoms with Gasteiger partial charge in [0.05, 0.1) is 17.8 Å². The molecule has 0 saturated heterocycles. The van der Waals surface area contributed by atoms with E-state index in [1.807, 2.05) is 0 Å². The second-order valence-electron chi connectivity index (χ2n) is 7.27. The van der Waals surface area contributed by atoms with Gasteiger partial charge in [0.25, 0.3) is 0 Å². The van der Waals surface area contributed by atoms with Crippen molar-refractivity contribution >= 4 is 16.9 Å². The summed E-state index contributed by atoms with van der Waals surface area (Å²) >= 11 is 0. The van der Waals surface area contributed by atoms with Crippen LogP contribution in [0.4, 0.5) is 4.39 Å². The summed E-state index contributed by atoms with van der Waals surface area (Å²) in [6.07, 6.45) is 4.61. The highest BCUT2D eigenvalue weighted by atomic mass is 19.1. The van der Waals surface area contributed by atoms with Crippen LogP contribution < -0.4 is 0 Å². The molecule has 1 aliphatic carbocycles. The molecule has 0 spiro atoms. The van der Waals surface area contributed by atoms with Crippen molar-refractivity contribution in [1.82, 2.24) is 9.97 Å². The van der Waals surface area contributed by atoms with E-state index < -0.39 is 5.95 Å². The average Bonchev–Trinajstić information content (AvgIpc) is 2.89. The molecule has 2 aromatic heterocycles. The van der Waals surface area contributed by atoms with Gasteiger partial charge in [-0.05, 0) is 31.7 Å². The van der Waals surface area contributed by atoms with Crippen molar-refractivity contribution in [2.24, 2.45) is 11.3 Å². The number of aromatic nitrogens is 2. The number of esters is 1. The largest absolute Gasteiger partial charge is 0.460 e. The minimum Gasteiger partial charge on any atom is -0.460 e. The Kier molecular flexibility index (Phi) is 4.13. The molecular formula is C18H23FN2O2. The van der Waals surface area contributed by atoms with Gasteiger partial charge in [-0.15, -0.1) is 0 Å². The number of nitrogens with one attached hydrogen (secondary N) is 1. The minimum atomic E-state index is -0.544. The molecule has 0 bridgehead atoms. The number of carbonyl (C=O) groups excluding carboxylic acids is 1. The van der Waals surface area contributed by atoms with Crippen molar-refractivity contribution < 1.29 is 13.9 Å². The molecule has 3 rings (SSSR count). The Morgan fingerprint density at radius 2 is 2.30 bits per heavy atom. The van der Waals surface area contributed by atoms with Crippen LogP contribution in [0.1, 0.15) is 55.7 Å². The van der Waals surface area contributed by atoms with Crippen LogP contribution in [-0.4, -0.2) is 22.5 Å². The molecule has 2 unspecified atom stereocenters. The lowest BCUT2D eigenvalue weighted by atomic mass is 9.72. The maximum Gasteiger partial charge on any atom is 0.354 e. The Bertz CT molecular complexity index is 740. The van der Waals surface area contributed by atoms with Crippen LogP contribution in [0.15, 0.2) is 12.1 Å². The third kappa shape index (κ3) is 3.38. The van der Waals surface area contributed by atoms with Gasteiger partial charge in [-0.2, -0.15) is 4.39 Å².